The Labute approximate surface area is 135 Å². The van der Waals surface area contributed by atoms with Crippen molar-refractivity contribution in [2.24, 2.45) is 0 Å². The zero-order chi connectivity index (χ0) is 15.8. The lowest BCUT2D eigenvalue weighted by molar-refractivity contribution is -0.118. The van der Waals surface area contributed by atoms with Crippen LogP contribution in [0.1, 0.15) is 18.4 Å². The molecule has 0 spiro atoms. The predicted molar refractivity (Wildman–Crippen MR) is 88.7 cm³/mol. The molecule has 0 bridgehead atoms. The Hall–Kier alpha value is -1.08. The van der Waals surface area contributed by atoms with E-state index in [9.17, 15) is 15.0 Å². The smallest absolute Gasteiger partial charge is 0.230 e. The molecular weight excluding hydrogens is 300 g/mol. The molecule has 1 aromatic rings. The van der Waals surface area contributed by atoms with Gasteiger partial charge in [0.25, 0.3) is 0 Å². The van der Waals surface area contributed by atoms with Crippen molar-refractivity contribution in [2.45, 2.75) is 37.6 Å². The topological polar surface area (TPSA) is 81.6 Å². The fraction of sp³-hybridized carbons (Fsp3) is 0.562. The number of aliphatic hydroxyl groups is 2. The molecule has 5 nitrogen and oxygen atoms in total. The average molecular weight is 324 g/mol. The number of piperidine rings is 1. The molecule has 6 heteroatoms. The molecule has 22 heavy (non-hydrogen) atoms. The fourth-order valence-electron chi connectivity index (χ4n) is 2.47. The van der Waals surface area contributed by atoms with Crippen molar-refractivity contribution >= 4 is 17.7 Å². The minimum absolute atomic E-state index is 0.0169. The third-order valence-electron chi connectivity index (χ3n) is 3.73. The van der Waals surface area contributed by atoms with Crippen LogP contribution in [-0.4, -0.2) is 52.4 Å². The summed E-state index contributed by atoms with van der Waals surface area (Å²) in [5.74, 6) is 1.27. The first-order chi connectivity index (χ1) is 10.6. The molecule has 122 valence electrons. The number of hydrogen-bond donors (Lipinski definition) is 4. The van der Waals surface area contributed by atoms with Crippen LogP contribution in [0.4, 0.5) is 0 Å². The van der Waals surface area contributed by atoms with E-state index in [4.69, 9.17) is 0 Å². The summed E-state index contributed by atoms with van der Waals surface area (Å²) in [6.45, 7) is 1.09. The van der Waals surface area contributed by atoms with Crippen molar-refractivity contribution in [3.05, 3.63) is 35.9 Å². The first kappa shape index (κ1) is 17.3. The molecule has 0 radical (unpaired) electrons. The van der Waals surface area contributed by atoms with E-state index < -0.39 is 12.2 Å². The van der Waals surface area contributed by atoms with Crippen molar-refractivity contribution in [1.29, 1.82) is 0 Å². The van der Waals surface area contributed by atoms with Gasteiger partial charge in [-0.2, -0.15) is 11.8 Å². The summed E-state index contributed by atoms with van der Waals surface area (Å²) in [6, 6.07) is 9.85. The van der Waals surface area contributed by atoms with Gasteiger partial charge in [0, 0.05) is 25.6 Å². The summed E-state index contributed by atoms with van der Waals surface area (Å²) in [7, 11) is 0. The fourth-order valence-corrected chi connectivity index (χ4v) is 3.32. The molecule has 0 saturated carbocycles. The highest BCUT2D eigenvalue weighted by Gasteiger charge is 2.26. The van der Waals surface area contributed by atoms with Crippen LogP contribution in [0.15, 0.2) is 30.3 Å². The van der Waals surface area contributed by atoms with Gasteiger partial charge in [-0.3, -0.25) is 4.79 Å². The SMILES string of the molecule is O=C(CSCCC1NCC(O)CC1O)NCc1ccccc1. The molecular formula is C16H24N2O3S. The second kappa shape index (κ2) is 9.15. The summed E-state index contributed by atoms with van der Waals surface area (Å²) in [5.41, 5.74) is 1.09. The van der Waals surface area contributed by atoms with Crippen LogP contribution in [0.5, 0.6) is 0 Å². The minimum Gasteiger partial charge on any atom is -0.392 e. The Kier molecular flexibility index (Phi) is 7.18. The van der Waals surface area contributed by atoms with Gasteiger partial charge >= 0.3 is 0 Å². The molecule has 2 rings (SSSR count). The van der Waals surface area contributed by atoms with Crippen LogP contribution < -0.4 is 10.6 Å². The van der Waals surface area contributed by atoms with Crippen LogP contribution in [0.2, 0.25) is 0 Å². The summed E-state index contributed by atoms with van der Waals surface area (Å²) in [6.07, 6.45) is 0.267. The van der Waals surface area contributed by atoms with Crippen LogP contribution in [-0.2, 0) is 11.3 Å². The zero-order valence-corrected chi connectivity index (χ0v) is 13.4. The number of β-amino-alcohol motifs (C(OH)–C–C–N with tert-alkyl or cyclic N) is 1. The van der Waals surface area contributed by atoms with E-state index in [2.05, 4.69) is 10.6 Å². The Bertz CT molecular complexity index is 458. The van der Waals surface area contributed by atoms with Gasteiger partial charge in [-0.1, -0.05) is 30.3 Å². The highest BCUT2D eigenvalue weighted by molar-refractivity contribution is 7.99. The minimum atomic E-state index is -0.503. The molecule has 3 atom stereocenters. The van der Waals surface area contributed by atoms with Gasteiger partial charge in [0.1, 0.15) is 0 Å². The lowest BCUT2D eigenvalue weighted by Gasteiger charge is -2.31. The molecule has 1 heterocycles. The number of aliphatic hydroxyl groups excluding tert-OH is 2. The highest BCUT2D eigenvalue weighted by atomic mass is 32.2. The van der Waals surface area contributed by atoms with Gasteiger partial charge in [0.05, 0.1) is 18.0 Å². The number of amides is 1. The van der Waals surface area contributed by atoms with E-state index in [-0.39, 0.29) is 11.9 Å². The van der Waals surface area contributed by atoms with Crippen molar-refractivity contribution in [1.82, 2.24) is 10.6 Å². The lowest BCUT2D eigenvalue weighted by atomic mass is 9.98. The standard InChI is InChI=1S/C16H24N2O3S/c19-13-8-15(20)14(17-10-13)6-7-22-11-16(21)18-9-12-4-2-1-3-5-12/h1-5,13-15,17,19-20H,6-11H2,(H,18,21). The molecule has 3 unspecified atom stereocenters. The Morgan fingerprint density at radius 2 is 2.09 bits per heavy atom. The third-order valence-corrected chi connectivity index (χ3v) is 4.72. The number of thioether (sulfide) groups is 1. The second-order valence-electron chi connectivity index (χ2n) is 5.58. The van der Waals surface area contributed by atoms with E-state index in [1.807, 2.05) is 30.3 Å². The largest absolute Gasteiger partial charge is 0.392 e. The van der Waals surface area contributed by atoms with Crippen molar-refractivity contribution < 1.29 is 15.0 Å². The van der Waals surface area contributed by atoms with Gasteiger partial charge in [0.2, 0.25) is 5.91 Å². The molecule has 1 amide bonds. The number of nitrogens with one attached hydrogen (secondary N) is 2. The third kappa shape index (κ3) is 5.96. The number of rotatable bonds is 7. The molecule has 0 aromatic heterocycles. The number of benzene rings is 1. The predicted octanol–water partition coefficient (Wildman–Crippen LogP) is 0.510. The van der Waals surface area contributed by atoms with Gasteiger partial charge in [0.15, 0.2) is 0 Å². The van der Waals surface area contributed by atoms with Crippen molar-refractivity contribution in [2.75, 3.05) is 18.1 Å². The van der Waals surface area contributed by atoms with Gasteiger partial charge in [-0.15, -0.1) is 0 Å². The summed E-state index contributed by atoms with van der Waals surface area (Å²) in [5, 5.41) is 25.3. The molecule has 1 saturated heterocycles. The lowest BCUT2D eigenvalue weighted by Crippen LogP contribution is -2.50. The quantitative estimate of drug-likeness (QED) is 0.550. The average Bonchev–Trinajstić information content (AvgIpc) is 2.52. The normalized spacial score (nSPS) is 24.9. The van der Waals surface area contributed by atoms with Gasteiger partial charge < -0.3 is 20.8 Å². The maximum absolute atomic E-state index is 11.7. The van der Waals surface area contributed by atoms with Crippen LogP contribution in [0, 0.1) is 0 Å². The number of carbonyl (C=O) groups is 1. The number of hydrogen-bond acceptors (Lipinski definition) is 5. The number of carbonyl (C=O) groups excluding carboxylic acids is 1. The van der Waals surface area contributed by atoms with E-state index in [1.165, 1.54) is 0 Å². The van der Waals surface area contributed by atoms with Crippen molar-refractivity contribution in [3.8, 4) is 0 Å². The van der Waals surface area contributed by atoms with Crippen LogP contribution >= 0.6 is 11.8 Å². The van der Waals surface area contributed by atoms with Crippen LogP contribution in [0.3, 0.4) is 0 Å². The van der Waals surface area contributed by atoms with Crippen LogP contribution in [0.25, 0.3) is 0 Å². The van der Waals surface area contributed by atoms with Crippen molar-refractivity contribution in [3.63, 3.8) is 0 Å². The second-order valence-corrected chi connectivity index (χ2v) is 6.68. The Morgan fingerprint density at radius 3 is 2.82 bits per heavy atom. The molecule has 4 N–H and O–H groups in total. The maximum Gasteiger partial charge on any atom is 0.230 e. The van der Waals surface area contributed by atoms with E-state index in [0.29, 0.717) is 25.3 Å². The summed E-state index contributed by atoms with van der Waals surface area (Å²) >= 11 is 1.57. The first-order valence-corrected chi connectivity index (χ1v) is 8.78. The summed E-state index contributed by atoms with van der Waals surface area (Å²) in [4.78, 5) is 11.7. The molecule has 1 aliphatic rings. The molecule has 1 fully saturated rings. The van der Waals surface area contributed by atoms with E-state index >= 15 is 0 Å². The van der Waals surface area contributed by atoms with E-state index in [0.717, 1.165) is 17.7 Å². The molecule has 1 aliphatic heterocycles. The monoisotopic (exact) mass is 324 g/mol. The zero-order valence-electron chi connectivity index (χ0n) is 12.6. The van der Waals surface area contributed by atoms with E-state index in [1.54, 1.807) is 11.8 Å². The first-order valence-electron chi connectivity index (χ1n) is 7.63. The maximum atomic E-state index is 11.7. The van der Waals surface area contributed by atoms with Gasteiger partial charge in [-0.05, 0) is 17.7 Å². The van der Waals surface area contributed by atoms with Gasteiger partial charge in [-0.25, -0.2) is 0 Å². The highest BCUT2D eigenvalue weighted by Crippen LogP contribution is 2.14. The Balaban J connectivity index is 1.55. The summed E-state index contributed by atoms with van der Waals surface area (Å²) < 4.78 is 0. The Morgan fingerprint density at radius 1 is 1.32 bits per heavy atom. The molecule has 1 aromatic carbocycles. The molecule has 0 aliphatic carbocycles.